The fraction of sp³-hybridized carbons (Fsp3) is 0.400. The molecule has 0 aliphatic rings. The number of aryl methyl sites for hydroxylation is 1. The van der Waals surface area contributed by atoms with E-state index in [0.717, 1.165) is 11.3 Å². The van der Waals surface area contributed by atoms with Crippen LogP contribution < -0.4 is 11.1 Å². The van der Waals surface area contributed by atoms with E-state index >= 15 is 0 Å². The molecule has 16 heavy (non-hydrogen) atoms. The van der Waals surface area contributed by atoms with E-state index in [0.29, 0.717) is 4.88 Å². The minimum absolute atomic E-state index is 0.159. The number of aliphatic hydroxyl groups excluding tert-OH is 1. The van der Waals surface area contributed by atoms with Gasteiger partial charge in [0.15, 0.2) is 0 Å². The zero-order valence-corrected chi connectivity index (χ0v) is 9.71. The first-order valence-corrected chi connectivity index (χ1v) is 5.70. The van der Waals surface area contributed by atoms with Crippen LogP contribution in [-0.2, 0) is 11.2 Å². The molecule has 1 atom stereocenters. The zero-order valence-electron chi connectivity index (χ0n) is 8.90. The molecular formula is C10H14N2O3S. The van der Waals surface area contributed by atoms with E-state index in [9.17, 15) is 9.59 Å². The maximum Gasteiger partial charge on any atom is 0.261 e. The van der Waals surface area contributed by atoms with E-state index in [-0.39, 0.29) is 12.5 Å². The van der Waals surface area contributed by atoms with Crippen molar-refractivity contribution in [2.24, 2.45) is 5.73 Å². The summed E-state index contributed by atoms with van der Waals surface area (Å²) >= 11 is 1.39. The fourth-order valence-electron chi connectivity index (χ4n) is 1.07. The summed E-state index contributed by atoms with van der Waals surface area (Å²) in [7, 11) is 0. The van der Waals surface area contributed by atoms with E-state index in [1.165, 1.54) is 11.3 Å². The highest BCUT2D eigenvalue weighted by Crippen LogP contribution is 2.16. The average Bonchev–Trinajstić information content (AvgIpc) is 2.73. The number of carbonyl (C=O) groups is 2. The summed E-state index contributed by atoms with van der Waals surface area (Å²) in [4.78, 5) is 23.7. The number of aliphatic hydroxyl groups is 1. The first-order chi connectivity index (χ1) is 7.54. The fourth-order valence-corrected chi connectivity index (χ4v) is 1.93. The average molecular weight is 242 g/mol. The predicted octanol–water partition coefficient (Wildman–Crippen LogP) is -0.114. The van der Waals surface area contributed by atoms with Crippen molar-refractivity contribution in [1.29, 1.82) is 0 Å². The van der Waals surface area contributed by atoms with Crippen LogP contribution in [-0.4, -0.2) is 29.6 Å². The van der Waals surface area contributed by atoms with Crippen LogP contribution in [0.5, 0.6) is 0 Å². The Morgan fingerprint density at radius 3 is 2.75 bits per heavy atom. The van der Waals surface area contributed by atoms with Crippen molar-refractivity contribution in [2.45, 2.75) is 19.4 Å². The Morgan fingerprint density at radius 2 is 2.25 bits per heavy atom. The van der Waals surface area contributed by atoms with Gasteiger partial charge >= 0.3 is 0 Å². The van der Waals surface area contributed by atoms with Crippen molar-refractivity contribution in [3.05, 3.63) is 21.9 Å². The van der Waals surface area contributed by atoms with Gasteiger partial charge in [-0.05, 0) is 18.6 Å². The molecule has 88 valence electrons. The molecule has 0 aromatic carbocycles. The zero-order chi connectivity index (χ0) is 12.1. The largest absolute Gasteiger partial charge is 0.381 e. The second-order valence-corrected chi connectivity index (χ2v) is 4.42. The number of primary amides is 1. The van der Waals surface area contributed by atoms with Gasteiger partial charge in [0.1, 0.15) is 6.10 Å². The number of nitrogens with one attached hydrogen (secondary N) is 1. The van der Waals surface area contributed by atoms with Crippen molar-refractivity contribution < 1.29 is 14.7 Å². The van der Waals surface area contributed by atoms with Gasteiger partial charge in [-0.25, -0.2) is 0 Å². The summed E-state index contributed by atoms with van der Waals surface area (Å²) in [5.41, 5.74) is 4.85. The number of nitrogens with two attached hydrogens (primary N) is 1. The van der Waals surface area contributed by atoms with Crippen LogP contribution in [0.2, 0.25) is 0 Å². The van der Waals surface area contributed by atoms with Crippen LogP contribution in [0.1, 0.15) is 21.5 Å². The summed E-state index contributed by atoms with van der Waals surface area (Å²) in [5.74, 6) is -1.15. The highest BCUT2D eigenvalue weighted by atomic mass is 32.1. The molecule has 0 fully saturated rings. The van der Waals surface area contributed by atoms with E-state index in [1.807, 2.05) is 13.0 Å². The first kappa shape index (κ1) is 12.7. The van der Waals surface area contributed by atoms with Crippen LogP contribution in [0.3, 0.4) is 0 Å². The number of amides is 2. The molecule has 1 rings (SSSR count). The molecule has 5 nitrogen and oxygen atoms in total. The van der Waals surface area contributed by atoms with Gasteiger partial charge in [0.05, 0.1) is 11.4 Å². The third-order valence-electron chi connectivity index (χ3n) is 2.02. The normalized spacial score (nSPS) is 12.1. The number of carbonyl (C=O) groups excluding carboxylic acids is 2. The third-order valence-corrected chi connectivity index (χ3v) is 3.25. The molecule has 4 N–H and O–H groups in total. The molecule has 0 saturated heterocycles. The number of hydrogen-bond acceptors (Lipinski definition) is 4. The van der Waals surface area contributed by atoms with E-state index < -0.39 is 12.0 Å². The SMILES string of the molecule is CCc1ccc(C(=O)NCC(O)C(N)=O)s1. The molecule has 0 saturated carbocycles. The van der Waals surface area contributed by atoms with Gasteiger partial charge in [-0.3, -0.25) is 9.59 Å². The maximum atomic E-state index is 11.5. The van der Waals surface area contributed by atoms with Crippen LogP contribution in [0.25, 0.3) is 0 Å². The molecule has 1 unspecified atom stereocenters. The van der Waals surface area contributed by atoms with Gasteiger partial charge in [-0.2, -0.15) is 0 Å². The topological polar surface area (TPSA) is 92.4 Å². The predicted molar refractivity (Wildman–Crippen MR) is 61.2 cm³/mol. The Hall–Kier alpha value is -1.40. The van der Waals surface area contributed by atoms with E-state index in [1.54, 1.807) is 6.07 Å². The van der Waals surface area contributed by atoms with Crippen molar-refractivity contribution >= 4 is 23.2 Å². The molecule has 1 aromatic rings. The van der Waals surface area contributed by atoms with Crippen molar-refractivity contribution in [3.63, 3.8) is 0 Å². The standard InChI is InChI=1S/C10H14N2O3S/c1-2-6-3-4-8(16-6)10(15)12-5-7(13)9(11)14/h3-4,7,13H,2,5H2,1H3,(H2,11,14)(H,12,15). The van der Waals surface area contributed by atoms with Crippen molar-refractivity contribution in [3.8, 4) is 0 Å². The van der Waals surface area contributed by atoms with Gasteiger partial charge in [-0.15, -0.1) is 11.3 Å². The summed E-state index contributed by atoms with van der Waals surface area (Å²) in [6, 6.07) is 3.60. The molecule has 0 radical (unpaired) electrons. The van der Waals surface area contributed by atoms with Gasteiger partial charge < -0.3 is 16.2 Å². The van der Waals surface area contributed by atoms with Crippen LogP contribution in [0, 0.1) is 0 Å². The Labute approximate surface area is 97.3 Å². The summed E-state index contributed by atoms with van der Waals surface area (Å²) in [5, 5.41) is 11.5. The molecule has 0 aliphatic heterocycles. The second kappa shape index (κ2) is 5.62. The van der Waals surface area contributed by atoms with Gasteiger partial charge in [-0.1, -0.05) is 6.92 Å². The van der Waals surface area contributed by atoms with Gasteiger partial charge in [0, 0.05) is 4.88 Å². The monoisotopic (exact) mass is 242 g/mol. The highest BCUT2D eigenvalue weighted by Gasteiger charge is 2.14. The molecule has 1 aromatic heterocycles. The van der Waals surface area contributed by atoms with E-state index in [2.05, 4.69) is 5.32 Å². The van der Waals surface area contributed by atoms with Crippen LogP contribution >= 0.6 is 11.3 Å². The van der Waals surface area contributed by atoms with Crippen molar-refractivity contribution in [2.75, 3.05) is 6.54 Å². The van der Waals surface area contributed by atoms with Gasteiger partial charge in [0.25, 0.3) is 5.91 Å². The summed E-state index contributed by atoms with van der Waals surface area (Å²) < 4.78 is 0. The summed E-state index contributed by atoms with van der Waals surface area (Å²) in [6.45, 7) is 1.85. The van der Waals surface area contributed by atoms with Crippen molar-refractivity contribution in [1.82, 2.24) is 5.32 Å². The van der Waals surface area contributed by atoms with Gasteiger partial charge in [0.2, 0.25) is 5.91 Å². The molecule has 1 heterocycles. The number of hydrogen-bond donors (Lipinski definition) is 3. The minimum atomic E-state index is -1.34. The molecule has 6 heteroatoms. The minimum Gasteiger partial charge on any atom is -0.381 e. The van der Waals surface area contributed by atoms with E-state index in [4.69, 9.17) is 10.8 Å². The summed E-state index contributed by atoms with van der Waals surface area (Å²) in [6.07, 6.45) is -0.462. The Morgan fingerprint density at radius 1 is 1.56 bits per heavy atom. The Bertz CT molecular complexity index is 389. The smallest absolute Gasteiger partial charge is 0.261 e. The number of rotatable bonds is 5. The molecule has 0 bridgehead atoms. The lowest BCUT2D eigenvalue weighted by atomic mass is 10.3. The third kappa shape index (κ3) is 3.32. The molecule has 0 aliphatic carbocycles. The lowest BCUT2D eigenvalue weighted by Crippen LogP contribution is -2.39. The van der Waals surface area contributed by atoms with Crippen LogP contribution in [0.15, 0.2) is 12.1 Å². The Balaban J connectivity index is 2.49. The maximum absolute atomic E-state index is 11.5. The second-order valence-electron chi connectivity index (χ2n) is 3.25. The molecule has 0 spiro atoms. The molecule has 2 amide bonds. The number of thiophene rings is 1. The molecular weight excluding hydrogens is 228 g/mol. The lowest BCUT2D eigenvalue weighted by molar-refractivity contribution is -0.125. The first-order valence-electron chi connectivity index (χ1n) is 4.89. The highest BCUT2D eigenvalue weighted by molar-refractivity contribution is 7.14. The lowest BCUT2D eigenvalue weighted by Gasteiger charge is -2.06. The quantitative estimate of drug-likeness (QED) is 0.672. The Kier molecular flexibility index (Phi) is 4.45. The van der Waals surface area contributed by atoms with Crippen LogP contribution in [0.4, 0.5) is 0 Å².